The third-order valence-electron chi connectivity index (χ3n) is 7.93. The lowest BCUT2D eigenvalue weighted by molar-refractivity contribution is -0.153. The van der Waals surface area contributed by atoms with Gasteiger partial charge in [0, 0.05) is 35.5 Å². The molecule has 2 saturated heterocycles. The van der Waals surface area contributed by atoms with E-state index in [1.165, 1.54) is 0 Å². The van der Waals surface area contributed by atoms with Crippen molar-refractivity contribution in [3.05, 3.63) is 42.5 Å². The number of piperidine rings is 1. The van der Waals surface area contributed by atoms with E-state index in [1.807, 2.05) is 12.1 Å². The standard InChI is InChI=1S/C20H22N2O2.ClH/c1-3-19-10-22(2)16-11-9-24-15(8-13(11)19)20(17(16)19)12-6-4-5-7-14(12)21-18(20)23;/h3-7,11,13,15-17H,1,8-10H2,2H3,(H,21,23);1H/t11?,13?,15?,16?,17-,19+,20+;/m1./s1. The van der Waals surface area contributed by atoms with E-state index < -0.39 is 5.41 Å². The summed E-state index contributed by atoms with van der Waals surface area (Å²) in [5.41, 5.74) is 1.61. The van der Waals surface area contributed by atoms with Crippen LogP contribution in [-0.2, 0) is 14.9 Å². The molecule has 1 N–H and O–H groups in total. The Bertz CT molecular complexity index is 798. The Morgan fingerprint density at radius 1 is 1.40 bits per heavy atom. The van der Waals surface area contributed by atoms with Crippen LogP contribution < -0.4 is 5.32 Å². The number of likely N-dealkylation sites (tertiary alicyclic amines) is 1. The van der Waals surface area contributed by atoms with Crippen LogP contribution in [0.15, 0.2) is 36.9 Å². The van der Waals surface area contributed by atoms with Gasteiger partial charge < -0.3 is 15.0 Å². The van der Waals surface area contributed by atoms with Crippen molar-refractivity contribution in [3.8, 4) is 0 Å². The van der Waals surface area contributed by atoms with Gasteiger partial charge in [-0.1, -0.05) is 24.3 Å². The van der Waals surface area contributed by atoms with Crippen LogP contribution in [0.25, 0.3) is 0 Å². The van der Waals surface area contributed by atoms with Crippen LogP contribution in [0.4, 0.5) is 5.69 Å². The number of carbonyl (C=O) groups is 1. The fourth-order valence-corrected chi connectivity index (χ4v) is 7.38. The number of fused-ring (bicyclic) bond motifs is 5. The van der Waals surface area contributed by atoms with Crippen LogP contribution in [0, 0.1) is 23.2 Å². The zero-order valence-corrected chi connectivity index (χ0v) is 15.1. The number of para-hydroxylation sites is 1. The number of rotatable bonds is 1. The maximum atomic E-state index is 13.4. The predicted molar refractivity (Wildman–Crippen MR) is 97.9 cm³/mol. The summed E-state index contributed by atoms with van der Waals surface area (Å²) in [6, 6.07) is 8.64. The first-order chi connectivity index (χ1) is 11.6. The van der Waals surface area contributed by atoms with E-state index >= 15 is 0 Å². The third kappa shape index (κ3) is 1.41. The molecule has 132 valence electrons. The first-order valence-electron chi connectivity index (χ1n) is 9.01. The van der Waals surface area contributed by atoms with Crippen LogP contribution in [0.1, 0.15) is 12.0 Å². The summed E-state index contributed by atoms with van der Waals surface area (Å²) in [4.78, 5) is 15.9. The number of hydrogen-bond acceptors (Lipinski definition) is 3. The van der Waals surface area contributed by atoms with E-state index in [0.717, 1.165) is 30.8 Å². The monoisotopic (exact) mass is 358 g/mol. The Morgan fingerprint density at radius 2 is 2.20 bits per heavy atom. The van der Waals surface area contributed by atoms with Gasteiger partial charge in [-0.25, -0.2) is 0 Å². The second-order valence-corrected chi connectivity index (χ2v) is 8.40. The van der Waals surface area contributed by atoms with E-state index in [-0.39, 0.29) is 35.8 Å². The first kappa shape index (κ1) is 15.9. The van der Waals surface area contributed by atoms with E-state index in [2.05, 4.69) is 42.1 Å². The molecule has 4 nitrogen and oxygen atoms in total. The number of amides is 1. The topological polar surface area (TPSA) is 41.6 Å². The fraction of sp³-hybridized carbons (Fsp3) is 0.550. The number of nitrogens with zero attached hydrogens (tertiary/aromatic N) is 1. The summed E-state index contributed by atoms with van der Waals surface area (Å²) in [5.74, 6) is 1.56. The van der Waals surface area contributed by atoms with Crippen molar-refractivity contribution in [1.29, 1.82) is 0 Å². The molecule has 4 fully saturated rings. The van der Waals surface area contributed by atoms with E-state index in [0.29, 0.717) is 17.9 Å². The molecule has 1 amide bonds. The van der Waals surface area contributed by atoms with Crippen molar-refractivity contribution in [1.82, 2.24) is 4.90 Å². The number of carbonyl (C=O) groups excluding carboxylic acids is 1. The second-order valence-electron chi connectivity index (χ2n) is 8.40. The minimum absolute atomic E-state index is 0. The smallest absolute Gasteiger partial charge is 0.238 e. The summed E-state index contributed by atoms with van der Waals surface area (Å²) < 4.78 is 6.34. The van der Waals surface area contributed by atoms with Crippen LogP contribution in [0.3, 0.4) is 0 Å². The molecule has 1 spiro atoms. The Balaban J connectivity index is 0.00000140. The molecule has 3 aliphatic heterocycles. The fourth-order valence-electron chi connectivity index (χ4n) is 7.38. The molecular weight excluding hydrogens is 336 g/mol. The lowest BCUT2D eigenvalue weighted by Crippen LogP contribution is -2.62. The van der Waals surface area contributed by atoms with Gasteiger partial charge in [-0.15, -0.1) is 19.0 Å². The van der Waals surface area contributed by atoms with Gasteiger partial charge in [-0.05, 0) is 31.0 Å². The summed E-state index contributed by atoms with van der Waals surface area (Å²) in [7, 11) is 2.21. The number of benzene rings is 1. The number of hydrogen-bond donors (Lipinski definition) is 1. The molecule has 3 heterocycles. The molecule has 0 radical (unpaired) electrons. The molecule has 1 aromatic rings. The van der Waals surface area contributed by atoms with Crippen molar-refractivity contribution >= 4 is 24.0 Å². The van der Waals surface area contributed by atoms with E-state index in [4.69, 9.17) is 4.74 Å². The van der Waals surface area contributed by atoms with Gasteiger partial charge >= 0.3 is 0 Å². The van der Waals surface area contributed by atoms with Crippen molar-refractivity contribution in [2.24, 2.45) is 23.2 Å². The number of halogens is 1. The molecule has 5 heteroatoms. The van der Waals surface area contributed by atoms with Gasteiger partial charge in [-0.3, -0.25) is 4.79 Å². The van der Waals surface area contributed by atoms with Gasteiger partial charge in [0.25, 0.3) is 0 Å². The predicted octanol–water partition coefficient (Wildman–Crippen LogP) is 2.45. The Kier molecular flexibility index (Phi) is 2.96. The summed E-state index contributed by atoms with van der Waals surface area (Å²) in [5, 5.41) is 3.18. The number of ether oxygens (including phenoxy) is 1. The highest BCUT2D eigenvalue weighted by atomic mass is 35.5. The maximum absolute atomic E-state index is 13.4. The average Bonchev–Trinajstić information content (AvgIpc) is 3.08. The van der Waals surface area contributed by atoms with Gasteiger partial charge in [0.15, 0.2) is 0 Å². The van der Waals surface area contributed by atoms with Crippen LogP contribution in [0.5, 0.6) is 0 Å². The molecule has 5 aliphatic rings. The van der Waals surface area contributed by atoms with Crippen molar-refractivity contribution in [2.75, 3.05) is 25.5 Å². The van der Waals surface area contributed by atoms with Crippen LogP contribution >= 0.6 is 12.4 Å². The SMILES string of the molecule is C=C[C@]12CN(C)C3C4COC(CC41)[C@]1(C(=O)Nc4ccccc41)[C@H]32.Cl. The lowest BCUT2D eigenvalue weighted by Gasteiger charge is -2.54. The van der Waals surface area contributed by atoms with Gasteiger partial charge in [0.1, 0.15) is 5.41 Å². The van der Waals surface area contributed by atoms with Gasteiger partial charge in [0.2, 0.25) is 5.91 Å². The molecule has 2 saturated carbocycles. The molecule has 7 atom stereocenters. The summed E-state index contributed by atoms with van der Waals surface area (Å²) in [6.07, 6.45) is 3.17. The Labute approximate surface area is 154 Å². The summed E-state index contributed by atoms with van der Waals surface area (Å²) >= 11 is 0. The zero-order valence-electron chi connectivity index (χ0n) is 14.3. The van der Waals surface area contributed by atoms with Crippen molar-refractivity contribution < 1.29 is 9.53 Å². The van der Waals surface area contributed by atoms with Gasteiger partial charge in [0.05, 0.1) is 12.7 Å². The lowest BCUT2D eigenvalue weighted by atomic mass is 9.51. The van der Waals surface area contributed by atoms with Crippen LogP contribution in [-0.4, -0.2) is 43.2 Å². The highest BCUT2D eigenvalue weighted by molar-refractivity contribution is 6.07. The van der Waals surface area contributed by atoms with Crippen molar-refractivity contribution in [2.45, 2.75) is 24.0 Å². The maximum Gasteiger partial charge on any atom is 0.238 e. The molecular formula is C20H23ClN2O2. The molecule has 25 heavy (non-hydrogen) atoms. The third-order valence-corrected chi connectivity index (χ3v) is 7.93. The second kappa shape index (κ2) is 4.67. The van der Waals surface area contributed by atoms with E-state index in [1.54, 1.807) is 0 Å². The highest BCUT2D eigenvalue weighted by Crippen LogP contribution is 2.73. The zero-order chi connectivity index (χ0) is 16.3. The molecule has 2 aliphatic carbocycles. The Morgan fingerprint density at radius 3 is 3.00 bits per heavy atom. The normalized spacial score (nSPS) is 48.4. The minimum atomic E-state index is -0.554. The Hall–Kier alpha value is -1.36. The number of anilines is 1. The number of nitrogens with one attached hydrogen (secondary N) is 1. The van der Waals surface area contributed by atoms with Crippen LogP contribution in [0.2, 0.25) is 0 Å². The molecule has 4 unspecified atom stereocenters. The largest absolute Gasteiger partial charge is 0.376 e. The average molecular weight is 359 g/mol. The quantitative estimate of drug-likeness (QED) is 0.784. The van der Waals surface area contributed by atoms with Crippen molar-refractivity contribution in [3.63, 3.8) is 0 Å². The highest BCUT2D eigenvalue weighted by Gasteiger charge is 2.79. The minimum Gasteiger partial charge on any atom is -0.376 e. The summed E-state index contributed by atoms with van der Waals surface area (Å²) in [6.45, 7) is 6.06. The van der Waals surface area contributed by atoms with E-state index in [9.17, 15) is 4.79 Å². The molecule has 1 aromatic carbocycles. The van der Waals surface area contributed by atoms with Gasteiger partial charge in [-0.2, -0.15) is 0 Å². The molecule has 0 aromatic heterocycles. The molecule has 5 bridgehead atoms. The first-order valence-corrected chi connectivity index (χ1v) is 9.01. The molecule has 6 rings (SSSR count).